The van der Waals surface area contributed by atoms with Crippen molar-refractivity contribution >= 4 is 18.1 Å². The average molecular weight is 337 g/mol. The number of nitrogens with two attached hydrogens (primary N) is 1. The van der Waals surface area contributed by atoms with Crippen LogP contribution in [0.1, 0.15) is 31.0 Å². The van der Waals surface area contributed by atoms with Gasteiger partial charge in [-0.2, -0.15) is 0 Å². The maximum atomic E-state index is 12.3. The first-order chi connectivity index (χ1) is 10.6. The van der Waals surface area contributed by atoms with Crippen molar-refractivity contribution in [2.45, 2.75) is 39.3 Å². The van der Waals surface area contributed by atoms with Gasteiger partial charge in [0.25, 0.3) is 5.56 Å². The van der Waals surface area contributed by atoms with Crippen molar-refractivity contribution in [1.82, 2.24) is 14.3 Å². The third-order valence-corrected chi connectivity index (χ3v) is 4.68. The highest BCUT2D eigenvalue weighted by Crippen LogP contribution is 2.23. The lowest BCUT2D eigenvalue weighted by Gasteiger charge is -2.37. The molecule has 0 aromatic carbocycles. The Bertz CT molecular complexity index is 730. The number of aromatic nitrogens is 2. The number of likely N-dealkylation sites (tertiary alicyclic amines) is 1. The molecule has 0 aliphatic carbocycles. The van der Waals surface area contributed by atoms with Crippen LogP contribution in [0, 0.1) is 12.8 Å². The SMILES string of the molecule is Cc1cccn2c(=O)cc(CN3CCC(C)CC3CN)nc12.Cl. The minimum atomic E-state index is -0.0154. The van der Waals surface area contributed by atoms with E-state index in [0.717, 1.165) is 35.8 Å². The van der Waals surface area contributed by atoms with Gasteiger partial charge in [-0.15, -0.1) is 12.4 Å². The summed E-state index contributed by atoms with van der Waals surface area (Å²) in [4.78, 5) is 19.3. The van der Waals surface area contributed by atoms with Gasteiger partial charge in [-0.05, 0) is 43.9 Å². The quantitative estimate of drug-likeness (QED) is 0.931. The average Bonchev–Trinajstić information content (AvgIpc) is 2.50. The van der Waals surface area contributed by atoms with Crippen molar-refractivity contribution in [3.8, 4) is 0 Å². The maximum Gasteiger partial charge on any atom is 0.258 e. The Kier molecular flexibility index (Phi) is 5.79. The second kappa shape index (κ2) is 7.43. The van der Waals surface area contributed by atoms with Crippen molar-refractivity contribution < 1.29 is 0 Å². The summed E-state index contributed by atoms with van der Waals surface area (Å²) in [6.07, 6.45) is 4.08. The number of nitrogens with zero attached hydrogens (tertiary/aromatic N) is 3. The van der Waals surface area contributed by atoms with Gasteiger partial charge in [-0.1, -0.05) is 13.0 Å². The highest BCUT2D eigenvalue weighted by atomic mass is 35.5. The number of halogens is 1. The fourth-order valence-corrected chi connectivity index (χ4v) is 3.35. The number of hydrogen-bond acceptors (Lipinski definition) is 4. The molecule has 5 nitrogen and oxygen atoms in total. The van der Waals surface area contributed by atoms with E-state index in [0.29, 0.717) is 19.1 Å². The summed E-state index contributed by atoms with van der Waals surface area (Å²) in [6.45, 7) is 6.66. The Morgan fingerprint density at radius 3 is 2.96 bits per heavy atom. The van der Waals surface area contributed by atoms with Gasteiger partial charge in [0.1, 0.15) is 5.65 Å². The van der Waals surface area contributed by atoms with Gasteiger partial charge in [-0.25, -0.2) is 4.98 Å². The van der Waals surface area contributed by atoms with E-state index in [-0.39, 0.29) is 18.0 Å². The lowest BCUT2D eigenvalue weighted by atomic mass is 9.92. The highest BCUT2D eigenvalue weighted by molar-refractivity contribution is 5.85. The molecule has 3 heterocycles. The zero-order valence-electron chi connectivity index (χ0n) is 13.7. The minimum Gasteiger partial charge on any atom is -0.329 e. The molecule has 0 amide bonds. The molecule has 0 bridgehead atoms. The zero-order chi connectivity index (χ0) is 15.7. The fraction of sp³-hybridized carbons (Fsp3) is 0.529. The summed E-state index contributed by atoms with van der Waals surface area (Å²) < 4.78 is 1.61. The number of piperidine rings is 1. The topological polar surface area (TPSA) is 63.6 Å². The predicted molar refractivity (Wildman–Crippen MR) is 95.1 cm³/mol. The third kappa shape index (κ3) is 3.74. The monoisotopic (exact) mass is 336 g/mol. The van der Waals surface area contributed by atoms with Crippen molar-refractivity contribution in [1.29, 1.82) is 0 Å². The molecule has 6 heteroatoms. The molecular weight excluding hydrogens is 312 g/mol. The number of aryl methyl sites for hydroxylation is 1. The van der Waals surface area contributed by atoms with Gasteiger partial charge in [0.2, 0.25) is 0 Å². The molecule has 1 saturated heterocycles. The summed E-state index contributed by atoms with van der Waals surface area (Å²) >= 11 is 0. The Morgan fingerprint density at radius 1 is 1.43 bits per heavy atom. The highest BCUT2D eigenvalue weighted by Gasteiger charge is 2.25. The molecule has 2 N–H and O–H groups in total. The molecule has 1 aliphatic heterocycles. The Labute approximate surface area is 142 Å². The Hall–Kier alpha value is -1.43. The van der Waals surface area contributed by atoms with Crippen LogP contribution in [0.2, 0.25) is 0 Å². The lowest BCUT2D eigenvalue weighted by Crippen LogP contribution is -2.45. The van der Waals surface area contributed by atoms with Gasteiger partial charge in [0, 0.05) is 31.4 Å². The minimum absolute atomic E-state index is 0. The van der Waals surface area contributed by atoms with E-state index in [4.69, 9.17) is 10.7 Å². The first-order valence-electron chi connectivity index (χ1n) is 8.00. The number of fused-ring (bicyclic) bond motifs is 1. The molecule has 2 aromatic rings. The molecule has 3 rings (SSSR count). The van der Waals surface area contributed by atoms with Crippen molar-refractivity contribution in [2.24, 2.45) is 11.7 Å². The Morgan fingerprint density at radius 2 is 2.22 bits per heavy atom. The van der Waals surface area contributed by atoms with Crippen molar-refractivity contribution in [3.63, 3.8) is 0 Å². The van der Waals surface area contributed by atoms with Gasteiger partial charge >= 0.3 is 0 Å². The molecule has 2 aromatic heterocycles. The first kappa shape index (κ1) is 17.9. The first-order valence-corrected chi connectivity index (χ1v) is 8.00. The fourth-order valence-electron chi connectivity index (χ4n) is 3.35. The molecule has 23 heavy (non-hydrogen) atoms. The normalized spacial score (nSPS) is 22.0. The molecule has 2 atom stereocenters. The van der Waals surface area contributed by atoms with Crippen LogP contribution in [0.15, 0.2) is 29.2 Å². The summed E-state index contributed by atoms with van der Waals surface area (Å²) in [5.41, 5.74) is 8.52. The molecule has 1 fully saturated rings. The smallest absolute Gasteiger partial charge is 0.258 e. The summed E-state index contributed by atoms with van der Waals surface area (Å²) in [5.74, 6) is 0.724. The predicted octanol–water partition coefficient (Wildman–Crippen LogP) is 1.98. The van der Waals surface area contributed by atoms with Crippen LogP contribution in [0.3, 0.4) is 0 Å². The van der Waals surface area contributed by atoms with Crippen LogP contribution in [0.4, 0.5) is 0 Å². The van der Waals surface area contributed by atoms with E-state index in [1.165, 1.54) is 6.42 Å². The lowest BCUT2D eigenvalue weighted by molar-refractivity contribution is 0.114. The van der Waals surface area contributed by atoms with Crippen LogP contribution in [-0.4, -0.2) is 33.4 Å². The largest absolute Gasteiger partial charge is 0.329 e. The maximum absolute atomic E-state index is 12.3. The van der Waals surface area contributed by atoms with E-state index in [1.807, 2.05) is 19.1 Å². The Balaban J connectivity index is 0.00000192. The second-order valence-corrected chi connectivity index (χ2v) is 6.46. The van der Waals surface area contributed by atoms with Crippen molar-refractivity contribution in [3.05, 3.63) is 46.0 Å². The van der Waals surface area contributed by atoms with E-state index in [1.54, 1.807) is 16.7 Å². The van der Waals surface area contributed by atoms with Gasteiger partial charge in [0.15, 0.2) is 0 Å². The number of hydrogen-bond donors (Lipinski definition) is 1. The molecule has 0 saturated carbocycles. The van der Waals surface area contributed by atoms with Crippen LogP contribution in [0.25, 0.3) is 5.65 Å². The van der Waals surface area contributed by atoms with E-state index < -0.39 is 0 Å². The number of rotatable bonds is 3. The summed E-state index contributed by atoms with van der Waals surface area (Å²) in [7, 11) is 0. The molecular formula is C17H25ClN4O. The van der Waals surface area contributed by atoms with Crippen LogP contribution < -0.4 is 11.3 Å². The molecule has 126 valence electrons. The van der Waals surface area contributed by atoms with E-state index in [9.17, 15) is 4.79 Å². The van der Waals surface area contributed by atoms with Gasteiger partial charge in [0.05, 0.1) is 5.69 Å². The molecule has 0 spiro atoms. The third-order valence-electron chi connectivity index (χ3n) is 4.68. The van der Waals surface area contributed by atoms with Gasteiger partial charge in [-0.3, -0.25) is 14.1 Å². The second-order valence-electron chi connectivity index (χ2n) is 6.46. The molecule has 1 aliphatic rings. The van der Waals surface area contributed by atoms with Crippen LogP contribution in [0.5, 0.6) is 0 Å². The van der Waals surface area contributed by atoms with Gasteiger partial charge < -0.3 is 5.73 Å². The zero-order valence-corrected chi connectivity index (χ0v) is 14.6. The summed E-state index contributed by atoms with van der Waals surface area (Å²) in [6, 6.07) is 5.90. The molecule has 2 unspecified atom stereocenters. The van der Waals surface area contributed by atoms with Crippen molar-refractivity contribution in [2.75, 3.05) is 13.1 Å². The summed E-state index contributed by atoms with van der Waals surface area (Å²) in [5, 5.41) is 0. The molecule has 0 radical (unpaired) electrons. The van der Waals surface area contributed by atoms with E-state index >= 15 is 0 Å². The van der Waals surface area contributed by atoms with Crippen LogP contribution in [-0.2, 0) is 6.54 Å². The standard InChI is InChI=1S/C17H24N4O.ClH/c1-12-5-7-20(15(8-12)10-18)11-14-9-16(22)21-6-3-4-13(2)17(21)19-14;/h3-4,6,9,12,15H,5,7-8,10-11,18H2,1-2H3;1H. The van der Waals surface area contributed by atoms with Crippen LogP contribution >= 0.6 is 12.4 Å². The number of pyridine rings is 1. The van der Waals surface area contributed by atoms with E-state index in [2.05, 4.69) is 11.8 Å².